The molecule has 1 fully saturated rings. The van der Waals surface area contributed by atoms with Gasteiger partial charge in [-0.25, -0.2) is 0 Å². The molecule has 96 valence electrons. The third-order valence-corrected chi connectivity index (χ3v) is 3.74. The van der Waals surface area contributed by atoms with Crippen molar-refractivity contribution in [1.29, 1.82) is 0 Å². The zero-order chi connectivity index (χ0) is 12.4. The highest BCUT2D eigenvalue weighted by Gasteiger charge is 2.60. The van der Waals surface area contributed by atoms with Crippen LogP contribution >= 0.6 is 0 Å². The third kappa shape index (κ3) is 2.40. The van der Waals surface area contributed by atoms with Gasteiger partial charge in [-0.3, -0.25) is 0 Å². The van der Waals surface area contributed by atoms with E-state index in [1.54, 1.807) is 7.11 Å². The maximum atomic E-state index is 10.7. The van der Waals surface area contributed by atoms with Crippen LogP contribution in [0, 0.1) is 0 Å². The summed E-state index contributed by atoms with van der Waals surface area (Å²) in [6.07, 6.45) is 10.8. The normalized spacial score (nSPS) is 36.3. The zero-order valence-electron chi connectivity index (χ0n) is 10.7. The van der Waals surface area contributed by atoms with Crippen molar-refractivity contribution < 1.29 is 14.6 Å². The van der Waals surface area contributed by atoms with E-state index >= 15 is 0 Å². The molecule has 2 aliphatic rings. The second kappa shape index (κ2) is 4.83. The number of unbranched alkanes of at least 4 members (excludes halogenated alkanes) is 2. The number of rotatable bonds is 5. The van der Waals surface area contributed by atoms with Gasteiger partial charge in [0.15, 0.2) is 0 Å². The zero-order valence-corrected chi connectivity index (χ0v) is 10.7. The number of aliphatic hydroxyl groups is 1. The van der Waals surface area contributed by atoms with E-state index in [2.05, 4.69) is 13.0 Å². The van der Waals surface area contributed by atoms with Crippen LogP contribution in [0.4, 0.5) is 0 Å². The molecule has 0 aromatic carbocycles. The van der Waals surface area contributed by atoms with Gasteiger partial charge in [0, 0.05) is 6.42 Å². The van der Waals surface area contributed by atoms with Crippen molar-refractivity contribution in [2.45, 2.75) is 50.2 Å². The topological polar surface area (TPSA) is 42.0 Å². The monoisotopic (exact) mass is 238 g/mol. The predicted molar refractivity (Wildman–Crippen MR) is 66.6 cm³/mol. The molecule has 2 atom stereocenters. The molecule has 1 aliphatic heterocycles. The molecule has 0 saturated carbocycles. The number of allylic oxidation sites excluding steroid dienone is 2. The summed E-state index contributed by atoms with van der Waals surface area (Å²) in [5.74, 6) is 0.855. The van der Waals surface area contributed by atoms with Gasteiger partial charge in [-0.15, -0.1) is 0 Å². The van der Waals surface area contributed by atoms with Gasteiger partial charge in [-0.1, -0.05) is 31.9 Å². The molecule has 3 nitrogen and oxygen atoms in total. The van der Waals surface area contributed by atoms with Crippen molar-refractivity contribution in [3.8, 4) is 0 Å². The van der Waals surface area contributed by atoms with Gasteiger partial charge in [-0.2, -0.15) is 0 Å². The van der Waals surface area contributed by atoms with Gasteiger partial charge in [0.25, 0.3) is 0 Å². The molecule has 0 radical (unpaired) electrons. The lowest BCUT2D eigenvalue weighted by molar-refractivity contribution is 0.0246. The first kappa shape index (κ1) is 12.7. The van der Waals surface area contributed by atoms with Gasteiger partial charge in [-0.05, 0) is 18.9 Å². The van der Waals surface area contributed by atoms with Crippen molar-refractivity contribution in [2.75, 3.05) is 13.7 Å². The molecule has 2 rings (SSSR count). The van der Waals surface area contributed by atoms with E-state index in [1.165, 1.54) is 6.42 Å². The summed E-state index contributed by atoms with van der Waals surface area (Å²) in [7, 11) is 1.65. The summed E-state index contributed by atoms with van der Waals surface area (Å²) in [5.41, 5.74) is -1.36. The minimum absolute atomic E-state index is 0.377. The first-order valence-electron chi connectivity index (χ1n) is 6.45. The Morgan fingerprint density at radius 1 is 1.59 bits per heavy atom. The molecule has 1 saturated heterocycles. The van der Waals surface area contributed by atoms with Crippen molar-refractivity contribution in [3.63, 3.8) is 0 Å². The molecule has 0 aromatic heterocycles. The van der Waals surface area contributed by atoms with E-state index in [1.807, 2.05) is 12.2 Å². The lowest BCUT2D eigenvalue weighted by Crippen LogP contribution is -2.44. The van der Waals surface area contributed by atoms with Crippen LogP contribution in [0.5, 0.6) is 0 Å². The van der Waals surface area contributed by atoms with Crippen LogP contribution in [0.3, 0.4) is 0 Å². The van der Waals surface area contributed by atoms with Crippen LogP contribution in [0.25, 0.3) is 0 Å². The van der Waals surface area contributed by atoms with Crippen molar-refractivity contribution in [3.05, 3.63) is 24.0 Å². The fourth-order valence-corrected chi connectivity index (χ4v) is 2.38. The molecule has 1 heterocycles. The molecule has 0 aromatic rings. The number of hydrogen-bond acceptors (Lipinski definition) is 3. The Hall–Kier alpha value is -0.800. The minimum Gasteiger partial charge on any atom is -0.501 e. The molecule has 1 N–H and O–H groups in total. The lowest BCUT2D eigenvalue weighted by atomic mass is 9.79. The first-order valence-corrected chi connectivity index (χ1v) is 6.45. The Kier molecular flexibility index (Phi) is 3.59. The summed E-state index contributed by atoms with van der Waals surface area (Å²) in [6.45, 7) is 2.81. The van der Waals surface area contributed by atoms with Crippen LogP contribution in [-0.4, -0.2) is 30.0 Å². The summed E-state index contributed by atoms with van der Waals surface area (Å²) in [5, 5.41) is 10.7. The second-order valence-corrected chi connectivity index (χ2v) is 4.97. The quantitative estimate of drug-likeness (QED) is 0.454. The fourth-order valence-electron chi connectivity index (χ4n) is 2.38. The minimum atomic E-state index is -0.982. The second-order valence-electron chi connectivity index (χ2n) is 4.97. The predicted octanol–water partition coefficient (Wildman–Crippen LogP) is 2.56. The summed E-state index contributed by atoms with van der Waals surface area (Å²) < 4.78 is 10.7. The van der Waals surface area contributed by atoms with Crippen LogP contribution in [-0.2, 0) is 9.47 Å². The van der Waals surface area contributed by atoms with E-state index in [-0.39, 0.29) is 5.60 Å². The Labute approximate surface area is 103 Å². The molecular weight excluding hydrogens is 216 g/mol. The molecule has 1 spiro atoms. The highest BCUT2D eigenvalue weighted by atomic mass is 16.6. The van der Waals surface area contributed by atoms with Crippen molar-refractivity contribution in [1.82, 2.24) is 0 Å². The average Bonchev–Trinajstić information content (AvgIpc) is 3.11. The van der Waals surface area contributed by atoms with Gasteiger partial charge >= 0.3 is 0 Å². The molecular formula is C14H22O3. The van der Waals surface area contributed by atoms with E-state index in [0.29, 0.717) is 6.61 Å². The van der Waals surface area contributed by atoms with Gasteiger partial charge in [0.2, 0.25) is 0 Å². The van der Waals surface area contributed by atoms with Crippen LogP contribution < -0.4 is 0 Å². The maximum absolute atomic E-state index is 10.7. The highest BCUT2D eigenvalue weighted by molar-refractivity contribution is 5.31. The van der Waals surface area contributed by atoms with E-state index in [9.17, 15) is 5.11 Å². The fraction of sp³-hybridized carbons (Fsp3) is 0.714. The van der Waals surface area contributed by atoms with E-state index in [0.717, 1.165) is 31.4 Å². The Morgan fingerprint density at radius 2 is 2.35 bits per heavy atom. The summed E-state index contributed by atoms with van der Waals surface area (Å²) >= 11 is 0. The van der Waals surface area contributed by atoms with Gasteiger partial charge < -0.3 is 14.6 Å². The van der Waals surface area contributed by atoms with Gasteiger partial charge in [0.05, 0.1) is 19.5 Å². The third-order valence-electron chi connectivity index (χ3n) is 3.74. The lowest BCUT2D eigenvalue weighted by Gasteiger charge is -2.33. The standard InChI is InChI=1S/C14H22O3/c1-3-4-5-6-8-13(15)10-12(16-2)7-9-14(13)11-17-14/h6,8,10,15H,3-5,7,9,11H2,1-2H3. The summed E-state index contributed by atoms with van der Waals surface area (Å²) in [4.78, 5) is 0. The maximum Gasteiger partial charge on any atom is 0.135 e. The number of epoxide rings is 1. The molecule has 0 amide bonds. The molecule has 2 unspecified atom stereocenters. The van der Waals surface area contributed by atoms with Crippen molar-refractivity contribution >= 4 is 0 Å². The molecule has 17 heavy (non-hydrogen) atoms. The molecule has 0 bridgehead atoms. The Morgan fingerprint density at radius 3 is 2.94 bits per heavy atom. The highest BCUT2D eigenvalue weighted by Crippen LogP contribution is 2.48. The number of methoxy groups -OCH3 is 1. The average molecular weight is 238 g/mol. The largest absolute Gasteiger partial charge is 0.501 e. The summed E-state index contributed by atoms with van der Waals surface area (Å²) in [6, 6.07) is 0. The molecule has 1 aliphatic carbocycles. The Balaban J connectivity index is 2.10. The van der Waals surface area contributed by atoms with Crippen LogP contribution in [0.15, 0.2) is 24.0 Å². The SMILES string of the molecule is CCCCC=CC1(O)C=C(OC)CCC12CO2. The number of hydrogen-bond donors (Lipinski definition) is 1. The van der Waals surface area contributed by atoms with Gasteiger partial charge in [0.1, 0.15) is 11.2 Å². The van der Waals surface area contributed by atoms with E-state index < -0.39 is 5.60 Å². The Bertz CT molecular complexity index is 328. The number of ether oxygens (including phenoxy) is 2. The van der Waals surface area contributed by atoms with Crippen LogP contribution in [0.2, 0.25) is 0 Å². The smallest absolute Gasteiger partial charge is 0.135 e. The van der Waals surface area contributed by atoms with Crippen molar-refractivity contribution in [2.24, 2.45) is 0 Å². The van der Waals surface area contributed by atoms with E-state index in [4.69, 9.17) is 9.47 Å². The molecule has 3 heteroatoms. The van der Waals surface area contributed by atoms with Crippen LogP contribution in [0.1, 0.15) is 39.0 Å². The first-order chi connectivity index (χ1) is 8.16.